The van der Waals surface area contributed by atoms with Gasteiger partial charge in [0.2, 0.25) is 5.95 Å². The van der Waals surface area contributed by atoms with Gasteiger partial charge in [-0.25, -0.2) is 9.78 Å². The molecule has 0 spiro atoms. The molecule has 1 fully saturated rings. The number of hydrogen-bond donors (Lipinski definition) is 1. The van der Waals surface area contributed by atoms with E-state index in [4.69, 9.17) is 4.74 Å². The number of carbonyl (C=O) groups excluding carboxylic acids is 1. The topological polar surface area (TPSA) is 54.5 Å². The van der Waals surface area contributed by atoms with Crippen LogP contribution < -0.4 is 10.2 Å². The van der Waals surface area contributed by atoms with Crippen LogP contribution in [0.3, 0.4) is 0 Å². The molecule has 0 aliphatic carbocycles. The molecule has 1 saturated heterocycles. The van der Waals surface area contributed by atoms with Crippen LogP contribution in [0.15, 0.2) is 18.3 Å². The first-order valence-electron chi connectivity index (χ1n) is 7.19. The zero-order valence-electron chi connectivity index (χ0n) is 12.7. The summed E-state index contributed by atoms with van der Waals surface area (Å²) in [5.41, 5.74) is 0.283. The fourth-order valence-corrected chi connectivity index (χ4v) is 2.39. The van der Waals surface area contributed by atoms with E-state index in [1.807, 2.05) is 20.8 Å². The van der Waals surface area contributed by atoms with Crippen molar-refractivity contribution < 1.29 is 13.9 Å². The van der Waals surface area contributed by atoms with Gasteiger partial charge < -0.3 is 15.0 Å². The predicted molar refractivity (Wildman–Crippen MR) is 78.8 cm³/mol. The van der Waals surface area contributed by atoms with E-state index in [9.17, 15) is 9.18 Å². The first-order chi connectivity index (χ1) is 9.83. The SMILES string of the molecule is CC(C)(C)OC(=O)N[C@H]1CCCN(c2ccnc(F)c2)C1. The summed E-state index contributed by atoms with van der Waals surface area (Å²) in [6, 6.07) is 3.19. The highest BCUT2D eigenvalue weighted by Crippen LogP contribution is 2.20. The monoisotopic (exact) mass is 295 g/mol. The van der Waals surface area contributed by atoms with E-state index in [0.29, 0.717) is 6.54 Å². The number of alkyl carbamates (subject to hydrolysis) is 1. The summed E-state index contributed by atoms with van der Waals surface area (Å²) in [5, 5.41) is 2.88. The minimum absolute atomic E-state index is 0.00447. The molecule has 5 nitrogen and oxygen atoms in total. The molecule has 116 valence electrons. The summed E-state index contributed by atoms with van der Waals surface area (Å²) in [6.07, 6.45) is 2.87. The molecule has 21 heavy (non-hydrogen) atoms. The summed E-state index contributed by atoms with van der Waals surface area (Å²) in [7, 11) is 0. The summed E-state index contributed by atoms with van der Waals surface area (Å²) >= 11 is 0. The molecule has 2 rings (SSSR count). The molecule has 0 bridgehead atoms. The lowest BCUT2D eigenvalue weighted by Crippen LogP contribution is -2.49. The van der Waals surface area contributed by atoms with Gasteiger partial charge in [-0.05, 0) is 39.7 Å². The van der Waals surface area contributed by atoms with Gasteiger partial charge >= 0.3 is 6.09 Å². The van der Waals surface area contributed by atoms with Crippen LogP contribution >= 0.6 is 0 Å². The van der Waals surface area contributed by atoms with Gasteiger partial charge in [-0.15, -0.1) is 0 Å². The Morgan fingerprint density at radius 3 is 2.95 bits per heavy atom. The van der Waals surface area contributed by atoms with Gasteiger partial charge in [-0.2, -0.15) is 4.39 Å². The van der Waals surface area contributed by atoms with Crippen molar-refractivity contribution in [3.05, 3.63) is 24.3 Å². The van der Waals surface area contributed by atoms with Gasteiger partial charge in [-0.1, -0.05) is 0 Å². The van der Waals surface area contributed by atoms with E-state index < -0.39 is 17.6 Å². The Morgan fingerprint density at radius 1 is 1.52 bits per heavy atom. The lowest BCUT2D eigenvalue weighted by Gasteiger charge is -2.35. The highest BCUT2D eigenvalue weighted by molar-refractivity contribution is 5.68. The van der Waals surface area contributed by atoms with E-state index in [-0.39, 0.29) is 6.04 Å². The van der Waals surface area contributed by atoms with Crippen LogP contribution in [-0.2, 0) is 4.74 Å². The number of ether oxygens (including phenoxy) is 1. The number of hydrogen-bond acceptors (Lipinski definition) is 4. The minimum Gasteiger partial charge on any atom is -0.444 e. The Balaban J connectivity index is 1.93. The molecule has 1 atom stereocenters. The predicted octanol–water partition coefficient (Wildman–Crippen LogP) is 2.71. The molecule has 0 radical (unpaired) electrons. The second-order valence-electron chi connectivity index (χ2n) is 6.27. The standard InChI is InChI=1S/C15H22FN3O2/c1-15(2,3)21-14(20)18-11-5-4-8-19(10-11)12-6-7-17-13(16)9-12/h6-7,9,11H,4-5,8,10H2,1-3H3,(H,18,20)/t11-/m0/s1. The zero-order valence-corrected chi connectivity index (χ0v) is 12.7. The smallest absolute Gasteiger partial charge is 0.407 e. The van der Waals surface area contributed by atoms with Crippen molar-refractivity contribution in [3.63, 3.8) is 0 Å². The normalized spacial score (nSPS) is 19.2. The van der Waals surface area contributed by atoms with Crippen molar-refractivity contribution in [2.75, 3.05) is 18.0 Å². The minimum atomic E-state index is -0.507. The highest BCUT2D eigenvalue weighted by atomic mass is 19.1. The van der Waals surface area contributed by atoms with Crippen LogP contribution in [0.5, 0.6) is 0 Å². The van der Waals surface area contributed by atoms with Crippen LogP contribution in [0, 0.1) is 5.95 Å². The number of pyridine rings is 1. The third kappa shape index (κ3) is 4.88. The molecule has 0 saturated carbocycles. The van der Waals surface area contributed by atoms with Gasteiger partial charge in [0.1, 0.15) is 5.60 Å². The van der Waals surface area contributed by atoms with Crippen molar-refractivity contribution in [1.82, 2.24) is 10.3 Å². The molecule has 1 aromatic rings. The molecular weight excluding hydrogens is 273 g/mol. The Labute approximate surface area is 124 Å². The summed E-state index contributed by atoms with van der Waals surface area (Å²) in [4.78, 5) is 17.4. The molecule has 0 unspecified atom stereocenters. The summed E-state index contributed by atoms with van der Waals surface area (Å²) in [5.74, 6) is -0.491. The van der Waals surface area contributed by atoms with Gasteiger partial charge in [0, 0.05) is 37.1 Å². The number of nitrogens with zero attached hydrogens (tertiary/aromatic N) is 2. The number of aromatic nitrogens is 1. The van der Waals surface area contributed by atoms with E-state index >= 15 is 0 Å². The van der Waals surface area contributed by atoms with Crippen molar-refractivity contribution in [2.45, 2.75) is 45.3 Å². The van der Waals surface area contributed by atoms with Gasteiger partial charge in [0.25, 0.3) is 0 Å². The number of piperidine rings is 1. The molecule has 0 aromatic carbocycles. The largest absolute Gasteiger partial charge is 0.444 e. The maximum Gasteiger partial charge on any atom is 0.407 e. The van der Waals surface area contributed by atoms with Gasteiger partial charge in [0.15, 0.2) is 0 Å². The second-order valence-corrected chi connectivity index (χ2v) is 6.27. The number of halogens is 1. The van der Waals surface area contributed by atoms with Gasteiger partial charge in [-0.3, -0.25) is 0 Å². The molecule has 1 aliphatic heterocycles. The Morgan fingerprint density at radius 2 is 2.29 bits per heavy atom. The van der Waals surface area contributed by atoms with E-state index in [1.165, 1.54) is 12.3 Å². The third-order valence-corrected chi connectivity index (χ3v) is 3.22. The number of nitrogens with one attached hydrogen (secondary N) is 1. The van der Waals surface area contributed by atoms with Crippen molar-refractivity contribution in [3.8, 4) is 0 Å². The van der Waals surface area contributed by atoms with E-state index in [1.54, 1.807) is 6.07 Å². The van der Waals surface area contributed by atoms with Crippen molar-refractivity contribution in [2.24, 2.45) is 0 Å². The number of anilines is 1. The highest BCUT2D eigenvalue weighted by Gasteiger charge is 2.24. The molecule has 1 aliphatic rings. The van der Waals surface area contributed by atoms with Crippen LogP contribution in [-0.4, -0.2) is 35.8 Å². The Kier molecular flexibility index (Phi) is 4.65. The second kappa shape index (κ2) is 6.28. The first kappa shape index (κ1) is 15.5. The first-order valence-corrected chi connectivity index (χ1v) is 7.19. The Bertz CT molecular complexity index is 502. The molecule has 1 N–H and O–H groups in total. The summed E-state index contributed by atoms with van der Waals surface area (Å²) < 4.78 is 18.4. The average Bonchev–Trinajstić information content (AvgIpc) is 2.36. The lowest BCUT2D eigenvalue weighted by atomic mass is 10.1. The van der Waals surface area contributed by atoms with E-state index in [0.717, 1.165) is 25.1 Å². The molecule has 1 amide bonds. The number of amides is 1. The van der Waals surface area contributed by atoms with Crippen LogP contribution in [0.1, 0.15) is 33.6 Å². The van der Waals surface area contributed by atoms with Crippen LogP contribution in [0.4, 0.5) is 14.9 Å². The fourth-order valence-electron chi connectivity index (χ4n) is 2.39. The van der Waals surface area contributed by atoms with Crippen molar-refractivity contribution >= 4 is 11.8 Å². The lowest BCUT2D eigenvalue weighted by molar-refractivity contribution is 0.0500. The van der Waals surface area contributed by atoms with Gasteiger partial charge in [0.05, 0.1) is 0 Å². The number of rotatable bonds is 2. The maximum atomic E-state index is 13.2. The average molecular weight is 295 g/mol. The Hall–Kier alpha value is -1.85. The summed E-state index contributed by atoms with van der Waals surface area (Å²) in [6.45, 7) is 6.98. The molecule has 1 aromatic heterocycles. The zero-order chi connectivity index (χ0) is 15.5. The molecular formula is C15H22FN3O2. The quantitative estimate of drug-likeness (QED) is 0.852. The van der Waals surface area contributed by atoms with Crippen LogP contribution in [0.25, 0.3) is 0 Å². The maximum absolute atomic E-state index is 13.2. The fraction of sp³-hybridized carbons (Fsp3) is 0.600. The molecule has 6 heteroatoms. The third-order valence-electron chi connectivity index (χ3n) is 3.22. The molecule has 2 heterocycles. The van der Waals surface area contributed by atoms with Crippen molar-refractivity contribution in [1.29, 1.82) is 0 Å². The van der Waals surface area contributed by atoms with E-state index in [2.05, 4.69) is 15.2 Å². The van der Waals surface area contributed by atoms with Crippen LogP contribution in [0.2, 0.25) is 0 Å². The number of carbonyl (C=O) groups is 1.